The molecule has 0 radical (unpaired) electrons. The second-order valence-electron chi connectivity index (χ2n) is 5.82. The third kappa shape index (κ3) is 2.96. The van der Waals surface area contributed by atoms with E-state index in [2.05, 4.69) is 19.9 Å². The molecule has 1 fully saturated rings. The molecule has 1 N–H and O–H groups in total. The molecule has 0 amide bonds. The lowest BCUT2D eigenvalue weighted by molar-refractivity contribution is -0.201. The average Bonchev–Trinajstić information content (AvgIpc) is 2.43. The monoisotopic (exact) mass is 277 g/mol. The van der Waals surface area contributed by atoms with Crippen molar-refractivity contribution in [2.24, 2.45) is 5.92 Å². The Morgan fingerprint density at radius 2 is 2.30 bits per heavy atom. The van der Waals surface area contributed by atoms with Gasteiger partial charge in [0, 0.05) is 19.5 Å². The van der Waals surface area contributed by atoms with Crippen LogP contribution >= 0.6 is 0 Å². The molecule has 1 heterocycles. The summed E-state index contributed by atoms with van der Waals surface area (Å²) in [5.41, 5.74) is 1.14. The molecule has 4 nitrogen and oxygen atoms in total. The first-order valence-corrected chi connectivity index (χ1v) is 7.21. The van der Waals surface area contributed by atoms with Crippen LogP contribution in [0.3, 0.4) is 0 Å². The van der Waals surface area contributed by atoms with Crippen molar-refractivity contribution >= 4 is 5.97 Å². The Balaban J connectivity index is 2.10. The van der Waals surface area contributed by atoms with Gasteiger partial charge in [0.1, 0.15) is 5.75 Å². The largest absolute Gasteiger partial charge is 0.508 e. The van der Waals surface area contributed by atoms with Crippen LogP contribution in [0.4, 0.5) is 0 Å². The van der Waals surface area contributed by atoms with E-state index in [9.17, 15) is 9.90 Å². The minimum atomic E-state index is -0.182. The van der Waals surface area contributed by atoms with Crippen LogP contribution in [0, 0.1) is 5.92 Å². The number of hydroxylamine groups is 2. The molecule has 2 unspecified atom stereocenters. The van der Waals surface area contributed by atoms with Crippen molar-refractivity contribution in [1.82, 2.24) is 5.06 Å². The Morgan fingerprint density at radius 3 is 2.90 bits per heavy atom. The molecule has 1 saturated heterocycles. The molecule has 0 aliphatic carbocycles. The predicted octanol–water partition coefficient (Wildman–Crippen LogP) is 2.86. The van der Waals surface area contributed by atoms with Crippen LogP contribution in [0.25, 0.3) is 0 Å². The third-order valence-electron chi connectivity index (χ3n) is 4.47. The zero-order chi connectivity index (χ0) is 14.8. The smallest absolute Gasteiger partial charge is 0.324 e. The van der Waals surface area contributed by atoms with Gasteiger partial charge in [-0.3, -0.25) is 4.79 Å². The first-order chi connectivity index (χ1) is 9.45. The highest BCUT2D eigenvalue weighted by atomic mass is 16.7. The van der Waals surface area contributed by atoms with Gasteiger partial charge in [-0.25, -0.2) is 0 Å². The number of phenolic OH excluding ortho intramolecular Hbond substituents is 1. The van der Waals surface area contributed by atoms with Crippen molar-refractivity contribution in [3.05, 3.63) is 29.8 Å². The van der Waals surface area contributed by atoms with Gasteiger partial charge < -0.3 is 9.94 Å². The van der Waals surface area contributed by atoms with E-state index in [1.165, 1.54) is 0 Å². The van der Waals surface area contributed by atoms with Gasteiger partial charge in [-0.05, 0) is 35.4 Å². The van der Waals surface area contributed by atoms with Crippen molar-refractivity contribution in [2.45, 2.75) is 39.0 Å². The maximum Gasteiger partial charge on any atom is 0.324 e. The number of hydrogen-bond donors (Lipinski definition) is 1. The Kier molecular flexibility index (Phi) is 4.33. The fourth-order valence-corrected chi connectivity index (χ4v) is 2.78. The molecule has 1 aromatic rings. The lowest BCUT2D eigenvalue weighted by Gasteiger charge is -2.43. The Hall–Kier alpha value is -1.55. The molecule has 2 rings (SSSR count). The third-order valence-corrected chi connectivity index (χ3v) is 4.47. The van der Waals surface area contributed by atoms with E-state index in [0.717, 1.165) is 25.1 Å². The first-order valence-electron chi connectivity index (χ1n) is 7.21. The zero-order valence-corrected chi connectivity index (χ0v) is 12.4. The summed E-state index contributed by atoms with van der Waals surface area (Å²) in [5, 5.41) is 11.4. The van der Waals surface area contributed by atoms with Crippen molar-refractivity contribution in [2.75, 3.05) is 13.1 Å². The highest BCUT2D eigenvalue weighted by molar-refractivity contribution is 5.68. The number of rotatable bonds is 3. The van der Waals surface area contributed by atoms with E-state index in [0.29, 0.717) is 18.1 Å². The summed E-state index contributed by atoms with van der Waals surface area (Å²) in [4.78, 5) is 16.7. The SMILES string of the molecule is CCC(=O)ON1CCC(C)(c2cccc(O)c2)C(C)C1. The molecule has 1 aliphatic heterocycles. The van der Waals surface area contributed by atoms with Gasteiger partial charge in [0.05, 0.1) is 0 Å². The predicted molar refractivity (Wildman–Crippen MR) is 77.2 cm³/mol. The van der Waals surface area contributed by atoms with Gasteiger partial charge in [-0.2, -0.15) is 0 Å². The maximum atomic E-state index is 11.4. The highest BCUT2D eigenvalue weighted by Gasteiger charge is 2.39. The Bertz CT molecular complexity index is 488. The summed E-state index contributed by atoms with van der Waals surface area (Å²) >= 11 is 0. The summed E-state index contributed by atoms with van der Waals surface area (Å²) in [6.45, 7) is 7.62. The molecule has 1 aliphatic rings. The fourth-order valence-electron chi connectivity index (χ4n) is 2.78. The number of phenols is 1. The topological polar surface area (TPSA) is 49.8 Å². The number of benzene rings is 1. The second kappa shape index (κ2) is 5.83. The van der Waals surface area contributed by atoms with Crippen molar-refractivity contribution in [3.63, 3.8) is 0 Å². The summed E-state index contributed by atoms with van der Waals surface area (Å²) < 4.78 is 0. The number of carbonyl (C=O) groups excluding carboxylic acids is 1. The van der Waals surface area contributed by atoms with Crippen LogP contribution in [-0.2, 0) is 15.0 Å². The van der Waals surface area contributed by atoms with Crippen LogP contribution in [-0.4, -0.2) is 29.2 Å². The molecule has 20 heavy (non-hydrogen) atoms. The van der Waals surface area contributed by atoms with Crippen LogP contribution in [0.15, 0.2) is 24.3 Å². The lowest BCUT2D eigenvalue weighted by atomic mass is 9.68. The van der Waals surface area contributed by atoms with Gasteiger partial charge in [-0.15, -0.1) is 5.06 Å². The van der Waals surface area contributed by atoms with E-state index < -0.39 is 0 Å². The molecule has 0 saturated carbocycles. The summed E-state index contributed by atoms with van der Waals surface area (Å²) in [7, 11) is 0. The van der Waals surface area contributed by atoms with Crippen LogP contribution in [0.2, 0.25) is 0 Å². The quantitative estimate of drug-likeness (QED) is 0.923. The number of carbonyl (C=O) groups is 1. The minimum Gasteiger partial charge on any atom is -0.508 e. The van der Waals surface area contributed by atoms with E-state index in [4.69, 9.17) is 4.84 Å². The van der Waals surface area contributed by atoms with Gasteiger partial charge in [0.2, 0.25) is 0 Å². The van der Waals surface area contributed by atoms with Crippen LogP contribution in [0.5, 0.6) is 5.75 Å². The highest BCUT2D eigenvalue weighted by Crippen LogP contribution is 2.40. The molecule has 0 aromatic heterocycles. The van der Waals surface area contributed by atoms with Gasteiger partial charge >= 0.3 is 5.97 Å². The van der Waals surface area contributed by atoms with Crippen LogP contribution < -0.4 is 0 Å². The molecule has 0 spiro atoms. The summed E-state index contributed by atoms with van der Waals surface area (Å²) in [6, 6.07) is 7.47. The van der Waals surface area contributed by atoms with Crippen molar-refractivity contribution in [1.29, 1.82) is 0 Å². The minimum absolute atomic E-state index is 0.00609. The molecular weight excluding hydrogens is 254 g/mol. The second-order valence-corrected chi connectivity index (χ2v) is 5.82. The number of nitrogens with zero attached hydrogens (tertiary/aromatic N) is 1. The normalized spacial score (nSPS) is 27.2. The van der Waals surface area contributed by atoms with Gasteiger partial charge in [-0.1, -0.05) is 32.9 Å². The van der Waals surface area contributed by atoms with Crippen molar-refractivity contribution < 1.29 is 14.7 Å². The van der Waals surface area contributed by atoms with Crippen LogP contribution in [0.1, 0.15) is 39.2 Å². The van der Waals surface area contributed by atoms with Gasteiger partial charge in [0.25, 0.3) is 0 Å². The standard InChI is InChI=1S/C16H23NO3/c1-4-15(19)20-17-9-8-16(3,12(2)11-17)13-6-5-7-14(18)10-13/h5-7,10,12,18H,4,8-9,11H2,1-3H3. The first kappa shape index (κ1) is 14.9. The maximum absolute atomic E-state index is 11.4. The fraction of sp³-hybridized carbons (Fsp3) is 0.562. The molecule has 1 aromatic carbocycles. The molecule has 4 heteroatoms. The molecule has 110 valence electrons. The summed E-state index contributed by atoms with van der Waals surface area (Å²) in [6.07, 6.45) is 1.29. The van der Waals surface area contributed by atoms with E-state index in [1.807, 2.05) is 12.1 Å². The van der Waals surface area contributed by atoms with E-state index in [-0.39, 0.29) is 11.4 Å². The molecule has 2 atom stereocenters. The summed E-state index contributed by atoms with van der Waals surface area (Å²) in [5.74, 6) is 0.455. The number of piperidine rings is 1. The lowest BCUT2D eigenvalue weighted by Crippen LogP contribution is -2.47. The molecule has 0 bridgehead atoms. The van der Waals surface area contributed by atoms with Crippen molar-refractivity contribution in [3.8, 4) is 5.75 Å². The average molecular weight is 277 g/mol. The Morgan fingerprint density at radius 1 is 1.55 bits per heavy atom. The van der Waals surface area contributed by atoms with E-state index in [1.54, 1.807) is 18.1 Å². The number of aromatic hydroxyl groups is 1. The Labute approximate surface area is 120 Å². The van der Waals surface area contributed by atoms with Gasteiger partial charge in [0.15, 0.2) is 0 Å². The number of hydrogen-bond acceptors (Lipinski definition) is 4. The van der Waals surface area contributed by atoms with E-state index >= 15 is 0 Å². The molecular formula is C16H23NO3. The zero-order valence-electron chi connectivity index (χ0n) is 12.4.